The summed E-state index contributed by atoms with van der Waals surface area (Å²) in [6.07, 6.45) is 1.25. The highest BCUT2D eigenvalue weighted by Crippen LogP contribution is 2.16. The van der Waals surface area contributed by atoms with E-state index in [-0.39, 0.29) is 22.7 Å². The highest BCUT2D eigenvalue weighted by atomic mass is 16.5. The number of methoxy groups -OCH3 is 1. The van der Waals surface area contributed by atoms with Crippen LogP contribution in [-0.2, 0) is 14.3 Å². The Labute approximate surface area is 139 Å². The lowest BCUT2D eigenvalue weighted by molar-refractivity contribution is -0.119. The molecule has 1 aromatic rings. The Bertz CT molecular complexity index is 692. The summed E-state index contributed by atoms with van der Waals surface area (Å²) in [6, 6.07) is 8.08. The summed E-state index contributed by atoms with van der Waals surface area (Å²) in [7, 11) is 1.24. The topological polar surface area (TPSA) is 120 Å². The lowest BCUT2D eigenvalue weighted by Gasteiger charge is -2.09. The Morgan fingerprint density at radius 2 is 1.96 bits per heavy atom. The molecule has 0 saturated heterocycles. The van der Waals surface area contributed by atoms with Crippen LogP contribution < -0.4 is 16.0 Å². The third kappa shape index (κ3) is 5.81. The number of anilines is 1. The Morgan fingerprint density at radius 3 is 2.58 bits per heavy atom. The van der Waals surface area contributed by atoms with Gasteiger partial charge in [-0.25, -0.2) is 4.79 Å². The maximum Gasteiger partial charge on any atom is 0.339 e. The van der Waals surface area contributed by atoms with Crippen molar-refractivity contribution in [3.05, 3.63) is 41.6 Å². The van der Waals surface area contributed by atoms with Gasteiger partial charge in [0.05, 0.1) is 18.4 Å². The van der Waals surface area contributed by atoms with Crippen molar-refractivity contribution in [1.29, 1.82) is 5.26 Å². The number of carbonyl (C=O) groups is 3. The molecule has 8 nitrogen and oxygen atoms in total. The van der Waals surface area contributed by atoms with Gasteiger partial charge in [-0.1, -0.05) is 12.1 Å². The summed E-state index contributed by atoms with van der Waals surface area (Å²) in [5.74, 6) is -1.43. The number of carbonyl (C=O) groups excluding carboxylic acids is 3. The first-order chi connectivity index (χ1) is 11.5. The van der Waals surface area contributed by atoms with E-state index in [2.05, 4.69) is 20.7 Å². The molecule has 0 aliphatic carbocycles. The van der Waals surface area contributed by atoms with E-state index in [9.17, 15) is 14.4 Å². The monoisotopic (exact) mass is 330 g/mol. The van der Waals surface area contributed by atoms with E-state index in [1.165, 1.54) is 32.4 Å². The molecule has 0 atom stereocenters. The molecule has 0 fully saturated rings. The van der Waals surface area contributed by atoms with Gasteiger partial charge in [-0.15, -0.1) is 0 Å². The Balaban J connectivity index is 2.73. The van der Waals surface area contributed by atoms with Crippen LogP contribution >= 0.6 is 0 Å². The number of esters is 1. The van der Waals surface area contributed by atoms with Gasteiger partial charge in [0.15, 0.2) is 0 Å². The third-order valence-corrected chi connectivity index (χ3v) is 2.84. The van der Waals surface area contributed by atoms with Gasteiger partial charge >= 0.3 is 5.97 Å². The minimum atomic E-state index is -0.666. The first-order valence-corrected chi connectivity index (χ1v) is 7.06. The van der Waals surface area contributed by atoms with Gasteiger partial charge in [0.25, 0.3) is 5.91 Å². The molecule has 0 heterocycles. The lowest BCUT2D eigenvalue weighted by atomic mass is 10.1. The Morgan fingerprint density at radius 1 is 1.25 bits per heavy atom. The van der Waals surface area contributed by atoms with E-state index in [1.807, 2.05) is 0 Å². The molecule has 0 aliphatic rings. The molecule has 0 aliphatic heterocycles. The number of nitrogens with zero attached hydrogens (tertiary/aromatic N) is 1. The molecule has 0 radical (unpaired) electrons. The van der Waals surface area contributed by atoms with Crippen LogP contribution in [0.1, 0.15) is 17.3 Å². The predicted octanol–water partition coefficient (Wildman–Crippen LogP) is 0.545. The van der Waals surface area contributed by atoms with Crippen molar-refractivity contribution in [3.63, 3.8) is 0 Å². The number of benzene rings is 1. The predicted molar refractivity (Wildman–Crippen MR) is 86.8 cm³/mol. The van der Waals surface area contributed by atoms with Crippen LogP contribution in [0.4, 0.5) is 5.69 Å². The summed E-state index contributed by atoms with van der Waals surface area (Å²) in [4.78, 5) is 34.5. The van der Waals surface area contributed by atoms with Gasteiger partial charge in [0, 0.05) is 26.2 Å². The number of ether oxygens (including phenoxy) is 1. The number of para-hydroxylation sites is 1. The molecule has 0 saturated carbocycles. The number of nitriles is 1. The molecule has 126 valence electrons. The van der Waals surface area contributed by atoms with Crippen LogP contribution in [0.5, 0.6) is 0 Å². The lowest BCUT2D eigenvalue weighted by Crippen LogP contribution is -2.28. The molecule has 0 bridgehead atoms. The second kappa shape index (κ2) is 9.63. The second-order valence-electron chi connectivity index (χ2n) is 4.60. The number of hydrogen-bond donors (Lipinski definition) is 3. The van der Waals surface area contributed by atoms with Crippen molar-refractivity contribution >= 4 is 23.5 Å². The van der Waals surface area contributed by atoms with Crippen molar-refractivity contribution in [2.24, 2.45) is 0 Å². The Hall–Kier alpha value is -3.34. The first kappa shape index (κ1) is 18.7. The molecular formula is C16H18N4O4. The van der Waals surface area contributed by atoms with E-state index >= 15 is 0 Å². The van der Waals surface area contributed by atoms with Crippen molar-refractivity contribution in [1.82, 2.24) is 10.6 Å². The molecule has 1 rings (SSSR count). The summed E-state index contributed by atoms with van der Waals surface area (Å²) >= 11 is 0. The molecule has 8 heteroatoms. The molecular weight excluding hydrogens is 312 g/mol. The van der Waals surface area contributed by atoms with E-state index in [1.54, 1.807) is 18.2 Å². The van der Waals surface area contributed by atoms with Crippen molar-refractivity contribution in [2.75, 3.05) is 25.5 Å². The molecule has 2 amide bonds. The van der Waals surface area contributed by atoms with Gasteiger partial charge in [-0.3, -0.25) is 9.59 Å². The Kier molecular flexibility index (Phi) is 7.51. The average molecular weight is 330 g/mol. The number of rotatable bonds is 7. The van der Waals surface area contributed by atoms with E-state index in [0.29, 0.717) is 13.1 Å². The largest absolute Gasteiger partial charge is 0.465 e. The highest BCUT2D eigenvalue weighted by molar-refractivity contribution is 6.09. The van der Waals surface area contributed by atoms with Gasteiger partial charge in [0.1, 0.15) is 11.6 Å². The fourth-order valence-electron chi connectivity index (χ4n) is 1.70. The second-order valence-corrected chi connectivity index (χ2v) is 4.60. The molecule has 3 N–H and O–H groups in total. The summed E-state index contributed by atoms with van der Waals surface area (Å²) < 4.78 is 4.64. The molecule has 24 heavy (non-hydrogen) atoms. The standard InChI is InChI=1S/C16H18N4O4/c1-11(21)19-8-7-18-10-12(9-17)15(22)20-14-6-4-3-5-13(14)16(23)24-2/h3-6,10,18H,7-8H2,1-2H3,(H,19,21)(H,20,22)/b12-10-. The van der Waals surface area contributed by atoms with E-state index in [4.69, 9.17) is 5.26 Å². The fraction of sp³-hybridized carbons (Fsp3) is 0.250. The van der Waals surface area contributed by atoms with Gasteiger partial charge in [0.2, 0.25) is 5.91 Å². The average Bonchev–Trinajstić information content (AvgIpc) is 2.57. The van der Waals surface area contributed by atoms with Gasteiger partial charge in [-0.05, 0) is 12.1 Å². The maximum atomic E-state index is 12.1. The zero-order chi connectivity index (χ0) is 17.9. The minimum Gasteiger partial charge on any atom is -0.465 e. The quantitative estimate of drug-likeness (QED) is 0.290. The third-order valence-electron chi connectivity index (χ3n) is 2.84. The highest BCUT2D eigenvalue weighted by Gasteiger charge is 2.15. The van der Waals surface area contributed by atoms with Crippen LogP contribution in [0.2, 0.25) is 0 Å². The van der Waals surface area contributed by atoms with E-state index in [0.717, 1.165) is 0 Å². The summed E-state index contributed by atoms with van der Waals surface area (Å²) in [6.45, 7) is 2.11. The summed E-state index contributed by atoms with van der Waals surface area (Å²) in [5.41, 5.74) is 0.260. The van der Waals surface area contributed by atoms with Crippen LogP contribution in [0, 0.1) is 11.3 Å². The normalized spacial score (nSPS) is 10.3. The van der Waals surface area contributed by atoms with Crippen LogP contribution in [0.15, 0.2) is 36.0 Å². The fourth-order valence-corrected chi connectivity index (χ4v) is 1.70. The number of nitrogens with one attached hydrogen (secondary N) is 3. The van der Waals surface area contributed by atoms with Crippen LogP contribution in [0.25, 0.3) is 0 Å². The number of hydrogen-bond acceptors (Lipinski definition) is 6. The van der Waals surface area contributed by atoms with Crippen LogP contribution in [0.3, 0.4) is 0 Å². The SMILES string of the molecule is COC(=O)c1ccccc1NC(=O)/C(C#N)=C\NCCNC(C)=O. The van der Waals surface area contributed by atoms with Crippen molar-refractivity contribution in [2.45, 2.75) is 6.92 Å². The van der Waals surface area contributed by atoms with Crippen molar-refractivity contribution in [3.8, 4) is 6.07 Å². The van der Waals surface area contributed by atoms with Gasteiger partial charge < -0.3 is 20.7 Å². The molecule has 1 aromatic carbocycles. The first-order valence-electron chi connectivity index (χ1n) is 7.06. The van der Waals surface area contributed by atoms with Gasteiger partial charge in [-0.2, -0.15) is 5.26 Å². The van der Waals surface area contributed by atoms with E-state index < -0.39 is 11.9 Å². The zero-order valence-electron chi connectivity index (χ0n) is 13.4. The smallest absolute Gasteiger partial charge is 0.339 e. The zero-order valence-corrected chi connectivity index (χ0v) is 13.4. The summed E-state index contributed by atoms with van der Waals surface area (Å²) in [5, 5.41) is 16.9. The minimum absolute atomic E-state index is 0.168. The maximum absolute atomic E-state index is 12.1. The molecule has 0 aromatic heterocycles. The number of amides is 2. The molecule has 0 spiro atoms. The van der Waals surface area contributed by atoms with Crippen LogP contribution in [-0.4, -0.2) is 38.0 Å². The molecule has 0 unspecified atom stereocenters. The van der Waals surface area contributed by atoms with Crippen molar-refractivity contribution < 1.29 is 19.1 Å².